The van der Waals surface area contributed by atoms with Gasteiger partial charge in [-0.3, -0.25) is 4.90 Å². The van der Waals surface area contributed by atoms with E-state index in [0.29, 0.717) is 19.6 Å². The van der Waals surface area contributed by atoms with Crippen LogP contribution >= 0.6 is 67.8 Å². The zero-order chi connectivity index (χ0) is 13.9. The molecular weight excluding hydrogens is 571 g/mol. The molecule has 0 saturated heterocycles. The van der Waals surface area contributed by atoms with Crippen LogP contribution in [0.5, 0.6) is 0 Å². The fourth-order valence-electron chi connectivity index (χ4n) is 0.760. The van der Waals surface area contributed by atoms with Crippen molar-refractivity contribution in [3.05, 3.63) is 0 Å². The van der Waals surface area contributed by atoms with Gasteiger partial charge in [0, 0.05) is 19.6 Å². The quantitative estimate of drug-likeness (QED) is 0.253. The van der Waals surface area contributed by atoms with Crippen LogP contribution in [0.15, 0.2) is 0 Å². The van der Waals surface area contributed by atoms with Crippen molar-refractivity contribution in [3.63, 3.8) is 0 Å². The van der Waals surface area contributed by atoms with E-state index in [1.807, 2.05) is 67.8 Å². The first-order valence-corrected chi connectivity index (χ1v) is 7.88. The molecule has 0 bridgehead atoms. The zero-order valence-electron chi connectivity index (χ0n) is 9.02. The second-order valence-corrected chi connectivity index (χ2v) is 13.9. The van der Waals surface area contributed by atoms with Crippen LogP contribution in [0.25, 0.3) is 0 Å². The summed E-state index contributed by atoms with van der Waals surface area (Å²) in [5, 5.41) is 33.7. The lowest BCUT2D eigenvalue weighted by atomic mass is 10.4. The molecule has 0 fully saturated rings. The maximum absolute atomic E-state index is 10.00. The van der Waals surface area contributed by atoms with Crippen LogP contribution < -0.4 is 0 Å². The molecule has 0 saturated carbocycles. The molecule has 0 aliphatic carbocycles. The van der Waals surface area contributed by atoms with E-state index in [4.69, 9.17) is 20.4 Å². The summed E-state index contributed by atoms with van der Waals surface area (Å²) in [6.45, 7) is 1.75. The predicted octanol–water partition coefficient (Wildman–Crippen LogP) is 0.295. The summed E-state index contributed by atoms with van der Waals surface area (Å²) in [6, 6.07) is 0. The molecule has 0 rings (SSSR count). The molecule has 0 aliphatic rings. The summed E-state index contributed by atoms with van der Waals surface area (Å²) in [7, 11) is 0. The normalized spacial score (nSPS) is 11.0. The second-order valence-electron chi connectivity index (χ2n) is 2.82. The van der Waals surface area contributed by atoms with Crippen LogP contribution in [0.1, 0.15) is 0 Å². The van der Waals surface area contributed by atoms with Crippen molar-refractivity contribution in [3.8, 4) is 0 Å². The van der Waals surface area contributed by atoms with Crippen LogP contribution in [0.3, 0.4) is 0 Å². The maximum atomic E-state index is 10.00. The Morgan fingerprint density at radius 1 is 0.941 bits per heavy atom. The smallest absolute Gasteiger partial charge is 0.339 e. The Kier molecular flexibility index (Phi) is 15.3. The van der Waals surface area contributed by atoms with Crippen molar-refractivity contribution >= 4 is 73.7 Å². The molecule has 17 heavy (non-hydrogen) atoms. The monoisotopic (exact) mass is 587 g/mol. The topological polar surface area (TPSA) is 101 Å². The highest BCUT2D eigenvalue weighted by molar-refractivity contribution is 14.3. The molecule has 0 heterocycles. The van der Waals surface area contributed by atoms with Crippen molar-refractivity contribution < 1.29 is 25.2 Å². The van der Waals surface area contributed by atoms with Gasteiger partial charge in [0.1, 0.15) is 0 Å². The van der Waals surface area contributed by atoms with Crippen LogP contribution in [-0.2, 0) is 4.79 Å². The molecule has 0 amide bonds. The van der Waals surface area contributed by atoms with E-state index < -0.39 is 5.40 Å². The number of carboxylic acid groups (broad SMARTS) is 1. The van der Waals surface area contributed by atoms with Gasteiger partial charge in [0.25, 0.3) is 0 Å². The molecule has 0 aromatic rings. The number of halogens is 3. The molecule has 104 valence electrons. The van der Waals surface area contributed by atoms with Crippen LogP contribution in [0.2, 0.25) is 0 Å². The molecule has 6 nitrogen and oxygen atoms in total. The van der Waals surface area contributed by atoms with Gasteiger partial charge in [-0.05, 0) is 67.8 Å². The first-order chi connectivity index (χ1) is 7.79. The molecular formula is C8H16I3NO5. The Morgan fingerprint density at radius 3 is 1.29 bits per heavy atom. The molecule has 0 atom stereocenters. The Hall–Kier alpha value is 1.50. The SMILES string of the molecule is O=C(O)C(I)(I)I.OCCN(CCO)CCO. The lowest BCUT2D eigenvalue weighted by molar-refractivity contribution is -0.134. The number of rotatable bonds is 7. The van der Waals surface area contributed by atoms with E-state index in [2.05, 4.69) is 0 Å². The molecule has 0 aliphatic heterocycles. The third kappa shape index (κ3) is 15.4. The highest BCUT2D eigenvalue weighted by Crippen LogP contribution is 2.35. The first kappa shape index (κ1) is 20.8. The number of carbonyl (C=O) groups is 1. The number of carboxylic acids is 1. The Balaban J connectivity index is 0. The van der Waals surface area contributed by atoms with Crippen LogP contribution in [0, 0.1) is 0 Å². The molecule has 0 unspecified atom stereocenters. The minimum absolute atomic E-state index is 0.0694. The standard InChI is InChI=1S/C6H15NO3.C2HI3O2/c8-4-1-7(2-5-9)3-6-10;3-2(4,5)1(6)7/h8-10H,1-6H2;(H,6,7). The van der Waals surface area contributed by atoms with Gasteiger partial charge in [-0.25, -0.2) is 4.79 Å². The highest BCUT2D eigenvalue weighted by Gasteiger charge is 2.26. The number of aliphatic carboxylic acids is 1. The van der Waals surface area contributed by atoms with Crippen LogP contribution in [-0.4, -0.2) is 70.2 Å². The molecule has 0 aromatic carbocycles. The van der Waals surface area contributed by atoms with E-state index in [0.717, 1.165) is 0 Å². The molecule has 4 N–H and O–H groups in total. The lowest BCUT2D eigenvalue weighted by Gasteiger charge is -2.17. The lowest BCUT2D eigenvalue weighted by Crippen LogP contribution is -2.32. The van der Waals surface area contributed by atoms with E-state index in [-0.39, 0.29) is 19.8 Å². The van der Waals surface area contributed by atoms with E-state index >= 15 is 0 Å². The Labute approximate surface area is 141 Å². The summed E-state index contributed by atoms with van der Waals surface area (Å²) >= 11 is 5.52. The van der Waals surface area contributed by atoms with Gasteiger partial charge >= 0.3 is 5.97 Å². The number of aliphatic hydroxyl groups excluding tert-OH is 3. The number of hydrogen-bond acceptors (Lipinski definition) is 5. The van der Waals surface area contributed by atoms with Gasteiger partial charge in [0.15, 0.2) is 0 Å². The van der Waals surface area contributed by atoms with Crippen molar-refractivity contribution in [2.45, 2.75) is -0.565 Å². The fraction of sp³-hybridized carbons (Fsp3) is 0.875. The van der Waals surface area contributed by atoms with Gasteiger partial charge < -0.3 is 20.4 Å². The summed E-state index contributed by atoms with van der Waals surface area (Å²) in [5.74, 6) is -0.797. The minimum Gasteiger partial charge on any atom is -0.479 e. The zero-order valence-corrected chi connectivity index (χ0v) is 15.5. The number of hydrogen-bond donors (Lipinski definition) is 4. The predicted molar refractivity (Wildman–Crippen MR) is 90.1 cm³/mol. The highest BCUT2D eigenvalue weighted by atomic mass is 127. The summed E-state index contributed by atoms with van der Waals surface area (Å²) < 4.78 is -0.673. The van der Waals surface area contributed by atoms with Crippen molar-refractivity contribution in [2.75, 3.05) is 39.5 Å². The van der Waals surface area contributed by atoms with E-state index in [9.17, 15) is 4.79 Å². The van der Waals surface area contributed by atoms with Crippen molar-refractivity contribution in [1.82, 2.24) is 4.90 Å². The molecule has 9 heteroatoms. The van der Waals surface area contributed by atoms with Crippen LogP contribution in [0.4, 0.5) is 0 Å². The Morgan fingerprint density at radius 2 is 1.18 bits per heavy atom. The molecule has 0 aromatic heterocycles. The fourth-order valence-corrected chi connectivity index (χ4v) is 0.760. The van der Waals surface area contributed by atoms with Crippen molar-refractivity contribution in [1.29, 1.82) is 0 Å². The van der Waals surface area contributed by atoms with Gasteiger partial charge in [-0.2, -0.15) is 0 Å². The first-order valence-electron chi connectivity index (χ1n) is 4.64. The van der Waals surface area contributed by atoms with Gasteiger partial charge in [0.05, 0.1) is 19.8 Å². The Bertz CT molecular complexity index is 186. The second kappa shape index (κ2) is 12.5. The maximum Gasteiger partial charge on any atom is 0.339 e. The van der Waals surface area contributed by atoms with E-state index in [1.54, 1.807) is 4.90 Å². The summed E-state index contributed by atoms with van der Waals surface area (Å²) in [6.07, 6.45) is 0. The average Bonchev–Trinajstić information content (AvgIpc) is 2.18. The van der Waals surface area contributed by atoms with Gasteiger partial charge in [-0.1, -0.05) is 0 Å². The summed E-state index contributed by atoms with van der Waals surface area (Å²) in [5.41, 5.74) is 0. The minimum atomic E-state index is -0.797. The molecule has 0 radical (unpaired) electrons. The molecule has 0 spiro atoms. The largest absolute Gasteiger partial charge is 0.479 e. The number of alkyl halides is 3. The number of nitrogens with zero attached hydrogens (tertiary/aromatic N) is 1. The van der Waals surface area contributed by atoms with Gasteiger partial charge in [0.2, 0.25) is -0.565 Å². The van der Waals surface area contributed by atoms with Crippen molar-refractivity contribution in [2.24, 2.45) is 0 Å². The number of aliphatic hydroxyl groups is 3. The van der Waals surface area contributed by atoms with E-state index in [1.165, 1.54) is 0 Å². The summed E-state index contributed by atoms with van der Waals surface area (Å²) in [4.78, 5) is 11.8. The van der Waals surface area contributed by atoms with Gasteiger partial charge in [-0.15, -0.1) is 0 Å². The third-order valence-corrected chi connectivity index (χ3v) is 2.88. The average molecular weight is 587 g/mol. The third-order valence-electron chi connectivity index (χ3n) is 1.49.